The number of nitrogens with zero attached hydrogens (tertiary/aromatic N) is 3. The smallest absolute Gasteiger partial charge is 0.200 e. The monoisotopic (exact) mass is 464 g/mol. The summed E-state index contributed by atoms with van der Waals surface area (Å²) in [4.78, 5) is 13.4. The van der Waals surface area contributed by atoms with Crippen molar-refractivity contribution in [1.82, 2.24) is 15.3 Å². The molecule has 2 aromatic heterocycles. The summed E-state index contributed by atoms with van der Waals surface area (Å²) >= 11 is 3.46. The Balaban J connectivity index is 1.53. The molecule has 0 unspecified atom stereocenters. The number of nitrogens with one attached hydrogen (secondary N) is 1. The number of halogens is 1. The minimum absolute atomic E-state index is 0.439. The van der Waals surface area contributed by atoms with Gasteiger partial charge in [0.15, 0.2) is 17.5 Å². The van der Waals surface area contributed by atoms with Crippen molar-refractivity contribution in [3.05, 3.63) is 94.4 Å². The molecule has 0 radical (unpaired) electrons. The van der Waals surface area contributed by atoms with Crippen molar-refractivity contribution in [1.29, 1.82) is 0 Å². The third-order valence-corrected chi connectivity index (χ3v) is 4.77. The maximum absolute atomic E-state index is 6.01. The third-order valence-electron chi connectivity index (χ3n) is 4.34. The molecule has 0 aliphatic carbocycles. The van der Waals surface area contributed by atoms with Crippen LogP contribution in [0.15, 0.2) is 86.6 Å². The Morgan fingerprint density at radius 3 is 2.87 bits per heavy atom. The van der Waals surface area contributed by atoms with E-state index in [0.29, 0.717) is 36.3 Å². The number of allylic oxidation sites excluding steroid dienone is 3. The van der Waals surface area contributed by atoms with Crippen molar-refractivity contribution < 1.29 is 9.15 Å². The standard InChI is InChI=1S/C23H21BrN4O2/c1-16-13-25-22(30-16)12-19-9-5-6-10-21(27-19)28-23-20(11-18(24)14-26-23)29-15-17-7-3-2-4-8-17/h2-4,6-11,13-14H,5,12,15H2,1H3,(H,26,27,28). The van der Waals surface area contributed by atoms with E-state index in [4.69, 9.17) is 14.1 Å². The number of aryl methyl sites for hydroxylation is 1. The zero-order chi connectivity index (χ0) is 20.8. The Bertz CT molecular complexity index is 1100. The average molecular weight is 465 g/mol. The fraction of sp³-hybridized carbons (Fsp3) is 0.174. The minimum Gasteiger partial charge on any atom is -0.485 e. The molecule has 3 heterocycles. The molecular formula is C23H21BrN4O2. The van der Waals surface area contributed by atoms with E-state index in [1.807, 2.05) is 55.5 Å². The fourth-order valence-electron chi connectivity index (χ4n) is 2.93. The van der Waals surface area contributed by atoms with E-state index in [-0.39, 0.29) is 0 Å². The molecule has 3 aromatic rings. The summed E-state index contributed by atoms with van der Waals surface area (Å²) in [5.74, 6) is 3.26. The highest BCUT2D eigenvalue weighted by Crippen LogP contribution is 2.29. The molecule has 6 nitrogen and oxygen atoms in total. The molecule has 0 amide bonds. The van der Waals surface area contributed by atoms with Crippen molar-refractivity contribution in [3.63, 3.8) is 0 Å². The van der Waals surface area contributed by atoms with Crippen LogP contribution in [-0.2, 0) is 13.0 Å². The quantitative estimate of drug-likeness (QED) is 0.526. The fourth-order valence-corrected chi connectivity index (χ4v) is 3.24. The van der Waals surface area contributed by atoms with Crippen LogP contribution in [0.1, 0.15) is 23.6 Å². The lowest BCUT2D eigenvalue weighted by atomic mass is 10.2. The van der Waals surface area contributed by atoms with Crippen molar-refractivity contribution in [2.75, 3.05) is 0 Å². The van der Waals surface area contributed by atoms with Gasteiger partial charge in [-0.05, 0) is 47.0 Å². The van der Waals surface area contributed by atoms with E-state index in [9.17, 15) is 0 Å². The van der Waals surface area contributed by atoms with Crippen molar-refractivity contribution in [3.8, 4) is 5.75 Å². The van der Waals surface area contributed by atoms with Crippen LogP contribution in [0.25, 0.3) is 0 Å². The van der Waals surface area contributed by atoms with Gasteiger partial charge in [0.25, 0.3) is 0 Å². The molecule has 1 N–H and O–H groups in total. The van der Waals surface area contributed by atoms with E-state index < -0.39 is 0 Å². The van der Waals surface area contributed by atoms with Crippen LogP contribution >= 0.6 is 15.9 Å². The number of ether oxygens (including phenoxy) is 1. The van der Waals surface area contributed by atoms with Crippen LogP contribution in [0.3, 0.4) is 0 Å². The lowest BCUT2D eigenvalue weighted by Gasteiger charge is -2.11. The maximum atomic E-state index is 6.01. The van der Waals surface area contributed by atoms with Crippen LogP contribution in [0.2, 0.25) is 0 Å². The highest BCUT2D eigenvalue weighted by atomic mass is 79.9. The second-order valence-corrected chi connectivity index (χ2v) is 7.70. The molecular weight excluding hydrogens is 444 g/mol. The summed E-state index contributed by atoms with van der Waals surface area (Å²) in [5, 5.41) is 3.35. The van der Waals surface area contributed by atoms with Gasteiger partial charge < -0.3 is 14.5 Å². The van der Waals surface area contributed by atoms with Crippen LogP contribution in [0.5, 0.6) is 5.75 Å². The summed E-state index contributed by atoms with van der Waals surface area (Å²) in [6.07, 6.45) is 10.9. The van der Waals surface area contributed by atoms with Gasteiger partial charge in [0.1, 0.15) is 18.2 Å². The third kappa shape index (κ3) is 5.45. The number of amidine groups is 1. The molecule has 4 rings (SSSR count). The van der Waals surface area contributed by atoms with Crippen molar-refractivity contribution in [2.24, 2.45) is 4.99 Å². The number of benzene rings is 1. The van der Waals surface area contributed by atoms with Gasteiger partial charge in [0, 0.05) is 16.4 Å². The molecule has 152 valence electrons. The Morgan fingerprint density at radius 2 is 2.07 bits per heavy atom. The molecule has 0 bridgehead atoms. The molecule has 0 fully saturated rings. The number of hydrogen-bond donors (Lipinski definition) is 1. The Morgan fingerprint density at radius 1 is 1.20 bits per heavy atom. The topological polar surface area (TPSA) is 72.5 Å². The average Bonchev–Trinajstić information content (AvgIpc) is 3.02. The van der Waals surface area contributed by atoms with Gasteiger partial charge in [-0.25, -0.2) is 15.0 Å². The first-order valence-corrected chi connectivity index (χ1v) is 10.4. The lowest BCUT2D eigenvalue weighted by Crippen LogP contribution is -2.21. The van der Waals surface area contributed by atoms with Gasteiger partial charge in [-0.3, -0.25) is 0 Å². The molecule has 0 atom stereocenters. The van der Waals surface area contributed by atoms with Crippen molar-refractivity contribution >= 4 is 27.6 Å². The molecule has 7 heteroatoms. The summed E-state index contributed by atoms with van der Waals surface area (Å²) in [7, 11) is 0. The first-order chi connectivity index (χ1) is 14.7. The van der Waals surface area contributed by atoms with Crippen LogP contribution < -0.4 is 10.1 Å². The number of hydrogen-bond acceptors (Lipinski definition) is 5. The van der Waals surface area contributed by atoms with Crippen LogP contribution in [0, 0.1) is 6.92 Å². The Labute approximate surface area is 183 Å². The second-order valence-electron chi connectivity index (χ2n) is 6.78. The summed E-state index contributed by atoms with van der Waals surface area (Å²) < 4.78 is 12.4. The first-order valence-electron chi connectivity index (χ1n) is 9.60. The maximum Gasteiger partial charge on any atom is 0.200 e. The number of pyridine rings is 1. The van der Waals surface area contributed by atoms with Crippen molar-refractivity contribution in [2.45, 2.75) is 26.4 Å². The van der Waals surface area contributed by atoms with Gasteiger partial charge >= 0.3 is 0 Å². The molecule has 1 aliphatic heterocycles. The highest BCUT2D eigenvalue weighted by Gasteiger charge is 2.11. The van der Waals surface area contributed by atoms with Crippen LogP contribution in [-0.4, -0.2) is 15.8 Å². The summed E-state index contributed by atoms with van der Waals surface area (Å²) in [6.45, 7) is 2.32. The minimum atomic E-state index is 0.439. The molecule has 0 spiro atoms. The van der Waals surface area contributed by atoms with Gasteiger partial charge in [-0.15, -0.1) is 0 Å². The van der Waals surface area contributed by atoms with E-state index in [1.54, 1.807) is 12.4 Å². The normalized spacial score (nSPS) is 14.9. The van der Waals surface area contributed by atoms with Gasteiger partial charge in [0.2, 0.25) is 0 Å². The molecule has 0 saturated heterocycles. The zero-order valence-corrected chi connectivity index (χ0v) is 18.1. The Hall–Kier alpha value is -3.19. The molecule has 1 aliphatic rings. The number of aliphatic imine (C=N–C) groups is 1. The van der Waals surface area contributed by atoms with E-state index in [1.165, 1.54) is 0 Å². The summed E-state index contributed by atoms with van der Waals surface area (Å²) in [6, 6.07) is 11.9. The zero-order valence-electron chi connectivity index (χ0n) is 16.5. The lowest BCUT2D eigenvalue weighted by molar-refractivity contribution is 0.306. The second kappa shape index (κ2) is 9.54. The summed E-state index contributed by atoms with van der Waals surface area (Å²) in [5.41, 5.74) is 2.06. The molecule has 30 heavy (non-hydrogen) atoms. The Kier molecular flexibility index (Phi) is 6.39. The predicted octanol–water partition coefficient (Wildman–Crippen LogP) is 5.43. The van der Waals surface area contributed by atoms with Gasteiger partial charge in [-0.1, -0.05) is 42.5 Å². The number of rotatable bonds is 6. The van der Waals surface area contributed by atoms with E-state index in [2.05, 4.69) is 37.3 Å². The van der Waals surface area contributed by atoms with E-state index >= 15 is 0 Å². The highest BCUT2D eigenvalue weighted by molar-refractivity contribution is 9.10. The first kappa shape index (κ1) is 20.1. The number of oxazole rings is 1. The SMILES string of the molecule is Cc1cnc(CC2=CCC=CC(=Nc3ncc(Br)cc3OCc3ccccc3)N2)o1. The largest absolute Gasteiger partial charge is 0.485 e. The number of aromatic nitrogens is 2. The van der Waals surface area contributed by atoms with Gasteiger partial charge in [-0.2, -0.15) is 0 Å². The van der Waals surface area contributed by atoms with Crippen LogP contribution in [0.4, 0.5) is 5.82 Å². The predicted molar refractivity (Wildman–Crippen MR) is 120 cm³/mol. The van der Waals surface area contributed by atoms with Gasteiger partial charge in [0.05, 0.1) is 12.6 Å². The molecule has 0 saturated carbocycles. The molecule has 1 aromatic carbocycles. The van der Waals surface area contributed by atoms with E-state index in [0.717, 1.165) is 27.9 Å².